The van der Waals surface area contributed by atoms with Crippen LogP contribution in [0, 0.1) is 12.8 Å². The lowest BCUT2D eigenvalue weighted by molar-refractivity contribution is 0.0920. The lowest BCUT2D eigenvalue weighted by Gasteiger charge is -2.31. The number of carbonyl (C=O) groups excluding carboxylic acids is 2. The van der Waals surface area contributed by atoms with Gasteiger partial charge in [0.05, 0.1) is 22.2 Å². The predicted molar refractivity (Wildman–Crippen MR) is 181 cm³/mol. The number of aryl methyl sites for hydroxylation is 1. The van der Waals surface area contributed by atoms with Gasteiger partial charge >= 0.3 is 6.03 Å². The predicted octanol–water partition coefficient (Wildman–Crippen LogP) is 8.30. The summed E-state index contributed by atoms with van der Waals surface area (Å²) in [5.41, 5.74) is 4.16. The van der Waals surface area contributed by atoms with E-state index in [0.717, 1.165) is 63.4 Å². The number of hydrogen-bond donors (Lipinski definition) is 3. The van der Waals surface area contributed by atoms with E-state index >= 15 is 0 Å². The van der Waals surface area contributed by atoms with Gasteiger partial charge in [-0.05, 0) is 80.1 Å². The van der Waals surface area contributed by atoms with Crippen molar-refractivity contribution in [3.05, 3.63) is 107 Å². The third-order valence-corrected chi connectivity index (χ3v) is 9.48. The molecule has 0 aliphatic carbocycles. The minimum absolute atomic E-state index is 0.111. The summed E-state index contributed by atoms with van der Waals surface area (Å²) in [6.45, 7) is 10.1. The van der Waals surface area contributed by atoms with Crippen molar-refractivity contribution in [1.29, 1.82) is 0 Å². The van der Waals surface area contributed by atoms with Gasteiger partial charge in [0.1, 0.15) is 5.82 Å². The molecule has 0 spiro atoms. The fraction of sp³-hybridized carbons (Fsp3) is 0.306. The number of para-hydroxylation sites is 1. The quantitative estimate of drug-likeness (QED) is 0.163. The maximum atomic E-state index is 14.3. The van der Waals surface area contributed by atoms with E-state index in [-0.39, 0.29) is 29.1 Å². The van der Waals surface area contributed by atoms with E-state index in [1.54, 1.807) is 16.0 Å². The van der Waals surface area contributed by atoms with E-state index < -0.39 is 0 Å². The number of nitrogens with one attached hydrogen (secondary N) is 3. The van der Waals surface area contributed by atoms with Crippen molar-refractivity contribution in [2.45, 2.75) is 51.9 Å². The molecule has 0 radical (unpaired) electrons. The number of rotatable bonds is 7. The van der Waals surface area contributed by atoms with Gasteiger partial charge in [-0.2, -0.15) is 5.10 Å². The molecular formula is C36H39N5O2S. The molecule has 8 heteroatoms. The van der Waals surface area contributed by atoms with Gasteiger partial charge in [0.25, 0.3) is 0 Å². The second kappa shape index (κ2) is 12.4. The molecule has 3 heterocycles. The number of hydrogen-bond acceptors (Lipinski definition) is 5. The lowest BCUT2D eigenvalue weighted by Crippen LogP contribution is -2.34. The van der Waals surface area contributed by atoms with Crippen LogP contribution in [0.1, 0.15) is 66.0 Å². The Labute approximate surface area is 262 Å². The van der Waals surface area contributed by atoms with Gasteiger partial charge < -0.3 is 10.6 Å². The number of piperidine rings is 1. The Balaban J connectivity index is 1.32. The van der Waals surface area contributed by atoms with Crippen LogP contribution < -0.4 is 16.0 Å². The number of fused-ring (bicyclic) bond motifs is 1. The van der Waals surface area contributed by atoms with Crippen molar-refractivity contribution < 1.29 is 9.59 Å². The summed E-state index contributed by atoms with van der Waals surface area (Å²) in [4.78, 5) is 28.7. The van der Waals surface area contributed by atoms with Crippen LogP contribution in [0.3, 0.4) is 0 Å². The van der Waals surface area contributed by atoms with Gasteiger partial charge in [-0.3, -0.25) is 10.1 Å². The Morgan fingerprint density at radius 2 is 1.64 bits per heavy atom. The van der Waals surface area contributed by atoms with Crippen molar-refractivity contribution in [2.75, 3.05) is 23.7 Å². The Kier molecular flexibility index (Phi) is 8.38. The number of amides is 2. The fourth-order valence-electron chi connectivity index (χ4n) is 5.91. The molecule has 1 atom stereocenters. The zero-order valence-corrected chi connectivity index (χ0v) is 26.5. The van der Waals surface area contributed by atoms with Crippen LogP contribution in [-0.4, -0.2) is 34.7 Å². The molecule has 1 aliphatic heterocycles. The highest BCUT2D eigenvalue weighted by Gasteiger charge is 2.34. The van der Waals surface area contributed by atoms with Crippen LogP contribution in [0.2, 0.25) is 0 Å². The minimum atomic E-state index is -0.385. The second-order valence-electron chi connectivity index (χ2n) is 12.7. The molecule has 5 aromatic rings. The van der Waals surface area contributed by atoms with Gasteiger partial charge in [-0.1, -0.05) is 74.9 Å². The third-order valence-electron chi connectivity index (χ3n) is 8.35. The third kappa shape index (κ3) is 6.32. The smallest absolute Gasteiger partial charge is 0.317 e. The molecule has 6 rings (SSSR count). The van der Waals surface area contributed by atoms with Crippen molar-refractivity contribution in [1.82, 2.24) is 15.1 Å². The first-order valence-electron chi connectivity index (χ1n) is 15.3. The molecule has 2 aromatic heterocycles. The van der Waals surface area contributed by atoms with Crippen LogP contribution >= 0.6 is 11.3 Å². The van der Waals surface area contributed by atoms with Crippen molar-refractivity contribution in [2.24, 2.45) is 5.92 Å². The van der Waals surface area contributed by atoms with Gasteiger partial charge in [0.15, 0.2) is 5.78 Å². The molecule has 1 fully saturated rings. The Morgan fingerprint density at radius 3 is 2.36 bits per heavy atom. The lowest BCUT2D eigenvalue weighted by atomic mass is 9.77. The number of thiophene rings is 1. The normalized spacial score (nSPS) is 14.8. The van der Waals surface area contributed by atoms with Crippen molar-refractivity contribution in [3.8, 4) is 5.69 Å². The number of aromatic nitrogens is 2. The SMILES string of the molecule is Cc1ccc(-n2nc(C(C)(C)C)cc2NC(=O)Nc2ccccc2C(C(=O)c2cc3ccccc3s2)C2CCNCC2)cc1. The summed E-state index contributed by atoms with van der Waals surface area (Å²) < 4.78 is 2.87. The first-order chi connectivity index (χ1) is 21.2. The summed E-state index contributed by atoms with van der Waals surface area (Å²) in [7, 11) is 0. The monoisotopic (exact) mass is 605 g/mol. The van der Waals surface area contributed by atoms with Gasteiger partial charge in [0, 0.05) is 21.9 Å². The molecule has 1 unspecified atom stereocenters. The summed E-state index contributed by atoms with van der Waals surface area (Å²) in [6.07, 6.45) is 1.79. The Hall–Kier alpha value is -4.27. The summed E-state index contributed by atoms with van der Waals surface area (Å²) in [5.74, 6) is 0.481. The molecule has 3 aromatic carbocycles. The summed E-state index contributed by atoms with van der Waals surface area (Å²) in [6, 6.07) is 27.4. The molecule has 1 saturated heterocycles. The second-order valence-corrected chi connectivity index (χ2v) is 13.7. The Bertz CT molecular complexity index is 1760. The van der Waals surface area contributed by atoms with Crippen molar-refractivity contribution in [3.63, 3.8) is 0 Å². The maximum absolute atomic E-state index is 14.3. The van der Waals surface area contributed by atoms with E-state index in [1.165, 1.54) is 0 Å². The highest BCUT2D eigenvalue weighted by molar-refractivity contribution is 7.20. The number of anilines is 2. The van der Waals surface area contributed by atoms with Crippen LogP contribution in [0.4, 0.5) is 16.3 Å². The largest absolute Gasteiger partial charge is 0.324 e. The van der Waals surface area contributed by atoms with Gasteiger partial charge in [0.2, 0.25) is 0 Å². The van der Waals surface area contributed by atoms with Crippen LogP contribution in [0.5, 0.6) is 0 Å². The fourth-order valence-corrected chi connectivity index (χ4v) is 6.96. The number of nitrogens with zero attached hydrogens (tertiary/aromatic N) is 2. The molecule has 44 heavy (non-hydrogen) atoms. The van der Waals surface area contributed by atoms with E-state index in [0.29, 0.717) is 11.5 Å². The zero-order chi connectivity index (χ0) is 30.8. The maximum Gasteiger partial charge on any atom is 0.324 e. The summed E-state index contributed by atoms with van der Waals surface area (Å²) >= 11 is 1.54. The molecule has 0 saturated carbocycles. The van der Waals surface area contributed by atoms with Crippen LogP contribution in [-0.2, 0) is 5.41 Å². The highest BCUT2D eigenvalue weighted by Crippen LogP contribution is 2.40. The summed E-state index contributed by atoms with van der Waals surface area (Å²) in [5, 5.41) is 15.5. The van der Waals surface area contributed by atoms with Crippen LogP contribution in [0.15, 0.2) is 84.9 Å². The molecular weight excluding hydrogens is 566 g/mol. The topological polar surface area (TPSA) is 88.1 Å². The first-order valence-corrected chi connectivity index (χ1v) is 16.1. The van der Waals surface area contributed by atoms with E-state index in [9.17, 15) is 9.59 Å². The van der Waals surface area contributed by atoms with E-state index in [4.69, 9.17) is 5.10 Å². The molecule has 226 valence electrons. The van der Waals surface area contributed by atoms with E-state index in [2.05, 4.69) is 42.8 Å². The van der Waals surface area contributed by atoms with Crippen molar-refractivity contribution >= 4 is 44.7 Å². The highest BCUT2D eigenvalue weighted by atomic mass is 32.1. The Morgan fingerprint density at radius 1 is 0.932 bits per heavy atom. The average Bonchev–Trinajstić information content (AvgIpc) is 3.64. The number of benzene rings is 3. The zero-order valence-electron chi connectivity index (χ0n) is 25.7. The molecule has 1 aliphatic rings. The molecule has 0 bridgehead atoms. The van der Waals surface area contributed by atoms with Crippen LogP contribution in [0.25, 0.3) is 15.8 Å². The number of carbonyl (C=O) groups is 2. The first kappa shape index (κ1) is 29.8. The standard InChI is InChI=1S/C36H39N5O2S/c1-23-13-15-26(16-14-23)41-32(22-31(40-41)36(2,3)4)39-35(43)38-28-11-7-6-10-27(28)33(24-17-19-37-20-18-24)34(42)30-21-25-9-5-8-12-29(25)44-30/h5-16,21-22,24,33,37H,17-20H2,1-4H3,(H2,38,39,43). The van der Waals surface area contributed by atoms with Gasteiger partial charge in [-0.25, -0.2) is 9.48 Å². The molecule has 2 amide bonds. The molecule has 3 N–H and O–H groups in total. The number of Topliss-reactive ketones (excluding diaryl/α,β-unsaturated/α-hetero) is 1. The minimum Gasteiger partial charge on any atom is -0.317 e. The van der Waals surface area contributed by atoms with Gasteiger partial charge in [-0.15, -0.1) is 11.3 Å². The number of ketones is 1. The van der Waals surface area contributed by atoms with E-state index in [1.807, 2.05) is 85.8 Å². The number of urea groups is 1. The molecule has 7 nitrogen and oxygen atoms in total. The average molecular weight is 606 g/mol.